The molecule has 1 aliphatic heterocycles. The molecule has 4 aromatic rings. The second-order valence-corrected chi connectivity index (χ2v) is 8.90. The van der Waals surface area contributed by atoms with Crippen LogP contribution in [0.15, 0.2) is 66.1 Å². The van der Waals surface area contributed by atoms with E-state index in [4.69, 9.17) is 0 Å². The Labute approximate surface area is 195 Å². The number of nitrogens with zero attached hydrogens (tertiary/aromatic N) is 4. The van der Waals surface area contributed by atoms with E-state index >= 15 is 0 Å². The highest BCUT2D eigenvalue weighted by Crippen LogP contribution is 2.30. The summed E-state index contributed by atoms with van der Waals surface area (Å²) in [5.41, 5.74) is 6.41. The lowest BCUT2D eigenvalue weighted by molar-refractivity contribution is -0.115. The molecule has 0 radical (unpaired) electrons. The summed E-state index contributed by atoms with van der Waals surface area (Å²) >= 11 is 1.35. The van der Waals surface area contributed by atoms with E-state index in [9.17, 15) is 9.59 Å². The second kappa shape index (κ2) is 8.63. The Kier molecular flexibility index (Phi) is 5.51. The molecule has 164 valence electrons. The van der Waals surface area contributed by atoms with Crippen molar-refractivity contribution < 1.29 is 9.59 Å². The van der Waals surface area contributed by atoms with E-state index in [-0.39, 0.29) is 17.4 Å². The smallest absolute Gasteiger partial charge is 0.228 e. The lowest BCUT2D eigenvalue weighted by Gasteiger charge is -2.12. The molecule has 2 aromatic carbocycles. The number of benzene rings is 2. The summed E-state index contributed by atoms with van der Waals surface area (Å²) in [4.78, 5) is 28.6. The van der Waals surface area contributed by atoms with Crippen molar-refractivity contribution in [2.45, 2.75) is 25.4 Å². The maximum absolute atomic E-state index is 12.9. The molecule has 5 rings (SSSR count). The number of thioether (sulfide) groups is 1. The SMILES string of the molecule is Cc1ccc(-n2c(SCC(=O)c3ccc4c(c3)CC(=O)N4)nnc2-c2ccncc2)cc1C. The summed E-state index contributed by atoms with van der Waals surface area (Å²) in [5, 5.41) is 12.3. The van der Waals surface area contributed by atoms with Crippen LogP contribution in [0.4, 0.5) is 5.69 Å². The second-order valence-electron chi connectivity index (χ2n) is 7.95. The van der Waals surface area contributed by atoms with E-state index in [1.807, 2.05) is 22.8 Å². The van der Waals surface area contributed by atoms with Crippen LogP contribution >= 0.6 is 11.8 Å². The van der Waals surface area contributed by atoms with Crippen LogP contribution in [0.25, 0.3) is 17.1 Å². The molecule has 33 heavy (non-hydrogen) atoms. The van der Waals surface area contributed by atoms with Crippen molar-refractivity contribution in [2.24, 2.45) is 0 Å². The number of hydrogen-bond donors (Lipinski definition) is 1. The highest BCUT2D eigenvalue weighted by atomic mass is 32.2. The van der Waals surface area contributed by atoms with Gasteiger partial charge in [-0.2, -0.15) is 0 Å². The number of aromatic nitrogens is 4. The number of amides is 1. The lowest BCUT2D eigenvalue weighted by atomic mass is 10.1. The van der Waals surface area contributed by atoms with Crippen LogP contribution in [-0.4, -0.2) is 37.2 Å². The van der Waals surface area contributed by atoms with Crippen molar-refractivity contribution in [3.05, 3.63) is 83.2 Å². The summed E-state index contributed by atoms with van der Waals surface area (Å²) in [6, 6.07) is 15.3. The van der Waals surface area contributed by atoms with Gasteiger partial charge in [0, 0.05) is 29.2 Å². The standard InChI is InChI=1S/C25H21N5O2S/c1-15-3-5-20(11-16(15)2)30-24(17-7-9-26-10-8-17)28-29-25(30)33-14-22(31)18-4-6-21-19(12-18)13-23(32)27-21/h3-12H,13-14H2,1-2H3,(H,27,32). The van der Waals surface area contributed by atoms with E-state index in [1.165, 1.54) is 17.3 Å². The molecule has 0 aliphatic carbocycles. The number of pyridine rings is 1. The average Bonchev–Trinajstić information content (AvgIpc) is 3.41. The zero-order chi connectivity index (χ0) is 22.9. The monoisotopic (exact) mass is 455 g/mol. The van der Waals surface area contributed by atoms with Crippen molar-refractivity contribution in [1.82, 2.24) is 19.7 Å². The number of anilines is 1. The van der Waals surface area contributed by atoms with Crippen molar-refractivity contribution in [3.8, 4) is 17.1 Å². The topological polar surface area (TPSA) is 89.8 Å². The van der Waals surface area contributed by atoms with Gasteiger partial charge in [0.15, 0.2) is 16.8 Å². The molecule has 0 saturated heterocycles. The van der Waals surface area contributed by atoms with E-state index in [0.717, 1.165) is 28.1 Å². The number of nitrogens with one attached hydrogen (secondary N) is 1. The highest BCUT2D eigenvalue weighted by Gasteiger charge is 2.21. The molecule has 3 heterocycles. The summed E-state index contributed by atoms with van der Waals surface area (Å²) in [5.74, 6) is 0.827. The summed E-state index contributed by atoms with van der Waals surface area (Å²) < 4.78 is 1.98. The molecule has 0 atom stereocenters. The predicted molar refractivity (Wildman–Crippen MR) is 128 cm³/mol. The van der Waals surface area contributed by atoms with Gasteiger partial charge in [-0.05, 0) is 73.0 Å². The minimum atomic E-state index is -0.0471. The summed E-state index contributed by atoms with van der Waals surface area (Å²) in [6.07, 6.45) is 3.75. The van der Waals surface area contributed by atoms with Crippen LogP contribution in [0.3, 0.4) is 0 Å². The van der Waals surface area contributed by atoms with Gasteiger partial charge in [-0.15, -0.1) is 10.2 Å². The largest absolute Gasteiger partial charge is 0.326 e. The van der Waals surface area contributed by atoms with Gasteiger partial charge in [0.25, 0.3) is 0 Å². The minimum absolute atomic E-state index is 0.0257. The van der Waals surface area contributed by atoms with Gasteiger partial charge in [-0.3, -0.25) is 19.1 Å². The summed E-state index contributed by atoms with van der Waals surface area (Å²) in [7, 11) is 0. The fraction of sp³-hybridized carbons (Fsp3) is 0.160. The Morgan fingerprint density at radius 3 is 2.64 bits per heavy atom. The molecule has 0 spiro atoms. The third kappa shape index (κ3) is 4.17. The number of hydrogen-bond acceptors (Lipinski definition) is 6. The van der Waals surface area contributed by atoms with E-state index in [0.29, 0.717) is 23.0 Å². The molecule has 0 fully saturated rings. The Bertz CT molecular complexity index is 1380. The van der Waals surface area contributed by atoms with Crippen LogP contribution in [0, 0.1) is 13.8 Å². The number of ketones is 1. The third-order valence-corrected chi connectivity index (χ3v) is 6.63. The van der Waals surface area contributed by atoms with E-state index in [2.05, 4.69) is 46.5 Å². The van der Waals surface area contributed by atoms with Gasteiger partial charge >= 0.3 is 0 Å². The number of fused-ring (bicyclic) bond motifs is 1. The predicted octanol–water partition coefficient (Wildman–Crippen LogP) is 4.42. The normalized spacial score (nSPS) is 12.5. The molecule has 0 bridgehead atoms. The number of carbonyl (C=O) groups excluding carboxylic acids is 2. The highest BCUT2D eigenvalue weighted by molar-refractivity contribution is 7.99. The molecular weight excluding hydrogens is 434 g/mol. The number of rotatable bonds is 6. The minimum Gasteiger partial charge on any atom is -0.326 e. The van der Waals surface area contributed by atoms with Crippen LogP contribution < -0.4 is 5.32 Å². The average molecular weight is 456 g/mol. The zero-order valence-corrected chi connectivity index (χ0v) is 19.0. The Morgan fingerprint density at radius 2 is 1.85 bits per heavy atom. The third-order valence-electron chi connectivity index (χ3n) is 5.71. The molecule has 8 heteroatoms. The number of carbonyl (C=O) groups is 2. The molecule has 0 unspecified atom stereocenters. The maximum atomic E-state index is 12.9. The van der Waals surface area contributed by atoms with Gasteiger partial charge in [0.1, 0.15) is 0 Å². The zero-order valence-electron chi connectivity index (χ0n) is 18.2. The number of aryl methyl sites for hydroxylation is 2. The van der Waals surface area contributed by atoms with Crippen molar-refractivity contribution >= 4 is 29.1 Å². The molecular formula is C25H21N5O2S. The summed E-state index contributed by atoms with van der Waals surface area (Å²) in [6.45, 7) is 4.14. The van der Waals surface area contributed by atoms with Crippen molar-refractivity contribution in [2.75, 3.05) is 11.1 Å². The van der Waals surface area contributed by atoms with Gasteiger partial charge in [-0.1, -0.05) is 17.8 Å². The molecule has 2 aromatic heterocycles. The van der Waals surface area contributed by atoms with Crippen molar-refractivity contribution in [1.29, 1.82) is 0 Å². The first-order valence-corrected chi connectivity index (χ1v) is 11.5. The Hall–Kier alpha value is -3.78. The molecule has 0 saturated carbocycles. The van der Waals surface area contributed by atoms with Crippen LogP contribution in [0.2, 0.25) is 0 Å². The van der Waals surface area contributed by atoms with Gasteiger partial charge < -0.3 is 5.32 Å². The molecule has 1 N–H and O–H groups in total. The Balaban J connectivity index is 1.45. The van der Waals surface area contributed by atoms with Gasteiger partial charge in [0.05, 0.1) is 17.9 Å². The van der Waals surface area contributed by atoms with Gasteiger partial charge in [-0.25, -0.2) is 0 Å². The molecule has 7 nitrogen and oxygen atoms in total. The number of Topliss-reactive ketones (excluding diaryl/α,β-unsaturated/α-hetero) is 1. The van der Waals surface area contributed by atoms with Crippen LogP contribution in [0.1, 0.15) is 27.0 Å². The lowest BCUT2D eigenvalue weighted by Crippen LogP contribution is -2.06. The first-order chi connectivity index (χ1) is 16.0. The van der Waals surface area contributed by atoms with E-state index < -0.39 is 0 Å². The van der Waals surface area contributed by atoms with Crippen molar-refractivity contribution in [3.63, 3.8) is 0 Å². The fourth-order valence-electron chi connectivity index (χ4n) is 3.76. The quantitative estimate of drug-likeness (QED) is 0.342. The Morgan fingerprint density at radius 1 is 1.03 bits per heavy atom. The first kappa shape index (κ1) is 21.1. The fourth-order valence-corrected chi connectivity index (χ4v) is 4.61. The molecule has 1 aliphatic rings. The van der Waals surface area contributed by atoms with Crippen LogP contribution in [-0.2, 0) is 11.2 Å². The molecule has 1 amide bonds. The van der Waals surface area contributed by atoms with Crippen LogP contribution in [0.5, 0.6) is 0 Å². The maximum Gasteiger partial charge on any atom is 0.228 e. The van der Waals surface area contributed by atoms with E-state index in [1.54, 1.807) is 30.6 Å². The first-order valence-electron chi connectivity index (χ1n) is 10.5. The van der Waals surface area contributed by atoms with Gasteiger partial charge in [0.2, 0.25) is 5.91 Å².